The molecule has 1 aromatic carbocycles. The smallest absolute Gasteiger partial charge is 0.343 e. The molecule has 0 unspecified atom stereocenters. The summed E-state index contributed by atoms with van der Waals surface area (Å²) in [5.41, 5.74) is 1.09. The molecule has 3 aromatic rings. The fourth-order valence-electron chi connectivity index (χ4n) is 3.41. The average Bonchev–Trinajstić information content (AvgIpc) is 3.39. The number of furan rings is 1. The van der Waals surface area contributed by atoms with Gasteiger partial charge in [-0.3, -0.25) is 9.36 Å². The number of rotatable bonds is 8. The second-order valence-electron chi connectivity index (χ2n) is 7.65. The Hall–Kier alpha value is -3.79. The van der Waals surface area contributed by atoms with E-state index in [0.29, 0.717) is 5.92 Å². The lowest BCUT2D eigenvalue weighted by molar-refractivity contribution is -0.125. The molecular formula is C24H25N3O4. The molecule has 1 N–H and O–H groups in total. The third kappa shape index (κ3) is 5.23. The van der Waals surface area contributed by atoms with Crippen LogP contribution in [0.3, 0.4) is 0 Å². The molecule has 0 radical (unpaired) electrons. The highest BCUT2D eigenvalue weighted by Crippen LogP contribution is 2.26. The second kappa shape index (κ2) is 9.81. The van der Waals surface area contributed by atoms with Crippen LogP contribution in [0.4, 0.5) is 0 Å². The van der Waals surface area contributed by atoms with Crippen LogP contribution >= 0.6 is 0 Å². The van der Waals surface area contributed by atoms with Gasteiger partial charge in [0.1, 0.15) is 23.0 Å². The van der Waals surface area contributed by atoms with Crippen molar-refractivity contribution in [3.63, 3.8) is 0 Å². The van der Waals surface area contributed by atoms with Crippen LogP contribution in [0.5, 0.6) is 0 Å². The lowest BCUT2D eigenvalue weighted by Gasteiger charge is -2.21. The lowest BCUT2D eigenvalue weighted by atomic mass is 9.97. The van der Waals surface area contributed by atoms with Gasteiger partial charge in [-0.1, -0.05) is 44.2 Å². The predicted octanol–water partition coefficient (Wildman–Crippen LogP) is 4.31. The van der Waals surface area contributed by atoms with Crippen molar-refractivity contribution in [1.82, 2.24) is 9.88 Å². The van der Waals surface area contributed by atoms with Crippen LogP contribution in [0.15, 0.2) is 59.3 Å². The predicted molar refractivity (Wildman–Crippen MR) is 115 cm³/mol. The maximum Gasteiger partial charge on any atom is 0.343 e. The number of nitriles is 1. The normalized spacial score (nSPS) is 11.7. The largest absolute Gasteiger partial charge is 0.452 e. The molecule has 0 aliphatic rings. The van der Waals surface area contributed by atoms with Gasteiger partial charge in [0, 0.05) is 12.4 Å². The summed E-state index contributed by atoms with van der Waals surface area (Å²) < 4.78 is 12.4. The van der Waals surface area contributed by atoms with Gasteiger partial charge in [-0.05, 0) is 37.0 Å². The summed E-state index contributed by atoms with van der Waals surface area (Å²) in [6, 6.07) is 15.0. The molecule has 0 aliphatic heterocycles. The summed E-state index contributed by atoms with van der Waals surface area (Å²) in [6.45, 7) is 5.29. The summed E-state index contributed by atoms with van der Waals surface area (Å²) in [5, 5.41) is 12.5. The zero-order chi connectivity index (χ0) is 22.4. The Balaban J connectivity index is 1.69. The van der Waals surface area contributed by atoms with Crippen molar-refractivity contribution < 1.29 is 18.7 Å². The number of aryl methyl sites for hydroxylation is 1. The van der Waals surface area contributed by atoms with E-state index in [-0.39, 0.29) is 28.8 Å². The average molecular weight is 419 g/mol. The topological polar surface area (TPSA) is 97.3 Å². The van der Waals surface area contributed by atoms with Crippen LogP contribution in [0.25, 0.3) is 5.88 Å². The van der Waals surface area contributed by atoms with Crippen molar-refractivity contribution in [3.8, 4) is 12.0 Å². The van der Waals surface area contributed by atoms with Crippen molar-refractivity contribution in [1.29, 1.82) is 5.26 Å². The molecule has 1 atom stereocenters. The third-order valence-corrected chi connectivity index (χ3v) is 4.80. The first-order valence-corrected chi connectivity index (χ1v) is 10.1. The van der Waals surface area contributed by atoms with E-state index in [9.17, 15) is 14.9 Å². The molecule has 7 heteroatoms. The molecule has 0 fully saturated rings. The van der Waals surface area contributed by atoms with Crippen LogP contribution in [-0.4, -0.2) is 23.1 Å². The van der Waals surface area contributed by atoms with Crippen LogP contribution in [-0.2, 0) is 9.53 Å². The summed E-state index contributed by atoms with van der Waals surface area (Å²) in [6.07, 6.45) is 4.17. The number of nitrogens with one attached hydrogen (secondary N) is 1. The van der Waals surface area contributed by atoms with Gasteiger partial charge in [0.05, 0.1) is 6.04 Å². The van der Waals surface area contributed by atoms with Gasteiger partial charge < -0.3 is 14.5 Å². The number of nitrogens with zero attached hydrogens (tertiary/aromatic N) is 2. The van der Waals surface area contributed by atoms with Gasteiger partial charge in [-0.15, -0.1) is 0 Å². The number of hydrogen-bond donors (Lipinski definition) is 1. The molecule has 0 aliphatic carbocycles. The fourth-order valence-corrected chi connectivity index (χ4v) is 3.41. The van der Waals surface area contributed by atoms with Crippen molar-refractivity contribution in [2.75, 3.05) is 6.61 Å². The molecular weight excluding hydrogens is 394 g/mol. The van der Waals surface area contributed by atoms with E-state index in [0.717, 1.165) is 12.0 Å². The number of aromatic nitrogens is 1. The molecule has 0 saturated heterocycles. The maximum atomic E-state index is 12.6. The Labute approximate surface area is 181 Å². The van der Waals surface area contributed by atoms with E-state index in [4.69, 9.17) is 9.15 Å². The Morgan fingerprint density at radius 3 is 2.45 bits per heavy atom. The highest BCUT2D eigenvalue weighted by molar-refractivity contribution is 5.95. The van der Waals surface area contributed by atoms with Gasteiger partial charge in [-0.2, -0.15) is 5.26 Å². The summed E-state index contributed by atoms with van der Waals surface area (Å²) in [5.74, 6) is -0.318. The number of benzene rings is 1. The summed E-state index contributed by atoms with van der Waals surface area (Å²) >= 11 is 0. The van der Waals surface area contributed by atoms with Gasteiger partial charge in [-0.25, -0.2) is 4.79 Å². The zero-order valence-corrected chi connectivity index (χ0v) is 17.8. The molecule has 3 rings (SSSR count). The SMILES string of the molecule is Cc1oc(-n2cccc2)c(C#N)c1C(=O)OCC(=O)N[C@@H](CC(C)C)c1ccccc1. The molecule has 2 aromatic heterocycles. The highest BCUT2D eigenvalue weighted by atomic mass is 16.5. The number of carbonyl (C=O) groups is 2. The van der Waals surface area contributed by atoms with Crippen LogP contribution in [0, 0.1) is 24.2 Å². The molecule has 7 nitrogen and oxygen atoms in total. The number of ether oxygens (including phenoxy) is 1. The van der Waals surface area contributed by atoms with E-state index in [1.54, 1.807) is 36.0 Å². The van der Waals surface area contributed by atoms with Crippen LogP contribution in [0.2, 0.25) is 0 Å². The minimum atomic E-state index is -0.772. The van der Waals surface area contributed by atoms with Crippen LogP contribution < -0.4 is 5.32 Å². The van der Waals surface area contributed by atoms with Gasteiger partial charge in [0.15, 0.2) is 6.61 Å². The molecule has 0 saturated carbocycles. The minimum absolute atomic E-state index is 0.0285. The number of esters is 1. The number of hydrogen-bond acceptors (Lipinski definition) is 5. The van der Waals surface area contributed by atoms with E-state index >= 15 is 0 Å². The Morgan fingerprint density at radius 2 is 1.84 bits per heavy atom. The van der Waals surface area contributed by atoms with E-state index < -0.39 is 18.5 Å². The maximum absolute atomic E-state index is 12.6. The third-order valence-electron chi connectivity index (χ3n) is 4.80. The van der Waals surface area contributed by atoms with E-state index in [2.05, 4.69) is 19.2 Å². The molecule has 2 heterocycles. The first kappa shape index (κ1) is 21.9. The molecule has 160 valence electrons. The molecule has 31 heavy (non-hydrogen) atoms. The monoisotopic (exact) mass is 419 g/mol. The number of amides is 1. The van der Waals surface area contributed by atoms with Gasteiger partial charge >= 0.3 is 5.97 Å². The molecule has 0 spiro atoms. The van der Waals surface area contributed by atoms with E-state index in [1.165, 1.54) is 0 Å². The highest BCUT2D eigenvalue weighted by Gasteiger charge is 2.26. The van der Waals surface area contributed by atoms with E-state index in [1.807, 2.05) is 36.4 Å². The quantitative estimate of drug-likeness (QED) is 0.549. The Morgan fingerprint density at radius 1 is 1.16 bits per heavy atom. The fraction of sp³-hybridized carbons (Fsp3) is 0.292. The van der Waals surface area contributed by atoms with Crippen molar-refractivity contribution in [3.05, 3.63) is 77.3 Å². The standard InChI is InChI=1S/C24H25N3O4/c1-16(2)13-20(18-9-5-4-6-10-18)26-21(28)15-30-24(29)22-17(3)31-23(19(22)14-25)27-11-7-8-12-27/h4-12,16,20H,13,15H2,1-3H3,(H,26,28)/t20-/m0/s1. The lowest BCUT2D eigenvalue weighted by Crippen LogP contribution is -2.33. The summed E-state index contributed by atoms with van der Waals surface area (Å²) in [7, 11) is 0. The van der Waals surface area contributed by atoms with Crippen molar-refractivity contribution in [2.45, 2.75) is 33.2 Å². The minimum Gasteiger partial charge on any atom is -0.452 e. The Kier molecular flexibility index (Phi) is 6.93. The zero-order valence-electron chi connectivity index (χ0n) is 17.8. The first-order chi connectivity index (χ1) is 14.9. The molecule has 0 bridgehead atoms. The molecule has 1 amide bonds. The van der Waals surface area contributed by atoms with Crippen molar-refractivity contribution in [2.24, 2.45) is 5.92 Å². The van der Waals surface area contributed by atoms with Gasteiger partial charge in [0.2, 0.25) is 5.88 Å². The first-order valence-electron chi connectivity index (χ1n) is 10.1. The van der Waals surface area contributed by atoms with Crippen molar-refractivity contribution >= 4 is 11.9 Å². The van der Waals surface area contributed by atoms with Gasteiger partial charge in [0.25, 0.3) is 5.91 Å². The van der Waals surface area contributed by atoms with Crippen LogP contribution in [0.1, 0.15) is 53.6 Å². The summed E-state index contributed by atoms with van der Waals surface area (Å²) in [4.78, 5) is 25.1. The Bertz CT molecular complexity index is 1080. The second-order valence-corrected chi connectivity index (χ2v) is 7.65. The number of carbonyl (C=O) groups excluding carboxylic acids is 2.